The van der Waals surface area contributed by atoms with E-state index in [0.717, 1.165) is 18.4 Å². The third kappa shape index (κ3) is 15.9. The number of aliphatic carboxylic acids is 1. The highest BCUT2D eigenvalue weighted by Crippen LogP contribution is 2.22. The van der Waals surface area contributed by atoms with E-state index in [0.29, 0.717) is 18.6 Å². The van der Waals surface area contributed by atoms with Gasteiger partial charge in [0.2, 0.25) is 0 Å². The average molecular weight is 447 g/mol. The van der Waals surface area contributed by atoms with Gasteiger partial charge in [-0.3, -0.25) is 9.59 Å². The summed E-state index contributed by atoms with van der Waals surface area (Å²) in [6.07, 6.45) is 21.2. The van der Waals surface area contributed by atoms with Gasteiger partial charge in [0.15, 0.2) is 0 Å². The largest absolute Gasteiger partial charge is 0.481 e. The number of ether oxygens (including phenoxy) is 1. The van der Waals surface area contributed by atoms with Gasteiger partial charge in [-0.15, -0.1) is 0 Å². The Labute approximate surface area is 196 Å². The Morgan fingerprint density at radius 1 is 0.688 bits per heavy atom. The lowest BCUT2D eigenvalue weighted by atomic mass is 10.0. The molecule has 1 aromatic rings. The van der Waals surface area contributed by atoms with E-state index in [1.807, 2.05) is 24.3 Å². The fourth-order valence-electron chi connectivity index (χ4n) is 4.04. The third-order valence-corrected chi connectivity index (χ3v) is 6.02. The predicted octanol–water partition coefficient (Wildman–Crippen LogP) is 8.26. The summed E-state index contributed by atoms with van der Waals surface area (Å²) >= 11 is 0. The number of aryl methyl sites for hydroxylation is 1. The van der Waals surface area contributed by atoms with Gasteiger partial charge in [-0.25, -0.2) is 0 Å². The SMILES string of the molecule is CCCCCCCCCCCCCCCCc1ccccc1OC(=O)CCCCC(=O)O. The van der Waals surface area contributed by atoms with Gasteiger partial charge in [0, 0.05) is 12.8 Å². The van der Waals surface area contributed by atoms with Crippen molar-refractivity contribution in [3.8, 4) is 5.75 Å². The minimum absolute atomic E-state index is 0.100. The minimum Gasteiger partial charge on any atom is -0.481 e. The van der Waals surface area contributed by atoms with E-state index in [2.05, 4.69) is 6.92 Å². The molecule has 0 saturated carbocycles. The summed E-state index contributed by atoms with van der Waals surface area (Å²) in [6.45, 7) is 2.27. The van der Waals surface area contributed by atoms with Crippen LogP contribution in [0.5, 0.6) is 5.75 Å². The van der Waals surface area contributed by atoms with E-state index in [-0.39, 0.29) is 18.8 Å². The Hall–Kier alpha value is -1.84. The van der Waals surface area contributed by atoms with Crippen molar-refractivity contribution in [3.63, 3.8) is 0 Å². The minimum atomic E-state index is -0.822. The molecule has 0 heterocycles. The maximum absolute atomic E-state index is 12.0. The van der Waals surface area contributed by atoms with Crippen LogP contribution in [0.15, 0.2) is 24.3 Å². The van der Waals surface area contributed by atoms with Gasteiger partial charge < -0.3 is 9.84 Å². The molecular formula is C28H46O4. The lowest BCUT2D eigenvalue weighted by Gasteiger charge is -2.10. The van der Waals surface area contributed by atoms with Crippen LogP contribution in [0, 0.1) is 0 Å². The first-order valence-corrected chi connectivity index (χ1v) is 13.1. The highest BCUT2D eigenvalue weighted by atomic mass is 16.5. The molecular weight excluding hydrogens is 400 g/mol. The first-order valence-electron chi connectivity index (χ1n) is 13.1. The lowest BCUT2D eigenvalue weighted by molar-refractivity contribution is -0.138. The summed E-state index contributed by atoms with van der Waals surface area (Å²) in [5.74, 6) is -0.439. The van der Waals surface area contributed by atoms with Crippen molar-refractivity contribution in [1.29, 1.82) is 0 Å². The molecule has 1 rings (SSSR count). The Kier molecular flexibility index (Phi) is 17.5. The van der Waals surface area contributed by atoms with Crippen LogP contribution in [0.25, 0.3) is 0 Å². The smallest absolute Gasteiger partial charge is 0.311 e. The summed E-state index contributed by atoms with van der Waals surface area (Å²) in [5.41, 5.74) is 1.09. The Balaban J connectivity index is 2.06. The topological polar surface area (TPSA) is 63.6 Å². The molecule has 0 fully saturated rings. The Bertz CT molecular complexity index is 611. The molecule has 0 saturated heterocycles. The normalized spacial score (nSPS) is 10.9. The number of hydrogen-bond donors (Lipinski definition) is 1. The maximum Gasteiger partial charge on any atom is 0.311 e. The zero-order chi connectivity index (χ0) is 23.3. The van der Waals surface area contributed by atoms with Crippen molar-refractivity contribution in [2.24, 2.45) is 0 Å². The van der Waals surface area contributed by atoms with Crippen molar-refractivity contribution in [2.75, 3.05) is 0 Å². The summed E-state index contributed by atoms with van der Waals surface area (Å²) in [7, 11) is 0. The highest BCUT2D eigenvalue weighted by molar-refractivity contribution is 5.73. The number of carbonyl (C=O) groups excluding carboxylic acids is 1. The van der Waals surface area contributed by atoms with Crippen LogP contribution in [-0.2, 0) is 16.0 Å². The molecule has 0 bridgehead atoms. The number of para-hydroxylation sites is 1. The van der Waals surface area contributed by atoms with Crippen molar-refractivity contribution in [3.05, 3.63) is 29.8 Å². The highest BCUT2D eigenvalue weighted by Gasteiger charge is 2.09. The van der Waals surface area contributed by atoms with E-state index in [9.17, 15) is 9.59 Å². The van der Waals surface area contributed by atoms with Crippen molar-refractivity contribution in [2.45, 2.75) is 129 Å². The van der Waals surface area contributed by atoms with Gasteiger partial charge >= 0.3 is 11.9 Å². The number of esters is 1. The second-order valence-corrected chi connectivity index (χ2v) is 9.03. The van der Waals surface area contributed by atoms with Crippen LogP contribution in [0.4, 0.5) is 0 Å². The number of carboxylic acid groups (broad SMARTS) is 1. The Morgan fingerprint density at radius 3 is 1.75 bits per heavy atom. The molecule has 1 N–H and O–H groups in total. The van der Waals surface area contributed by atoms with Crippen LogP contribution in [0.2, 0.25) is 0 Å². The molecule has 4 nitrogen and oxygen atoms in total. The molecule has 1 aromatic carbocycles. The fraction of sp³-hybridized carbons (Fsp3) is 0.714. The summed E-state index contributed by atoms with van der Waals surface area (Å²) in [5, 5.41) is 8.66. The maximum atomic E-state index is 12.0. The molecule has 0 aliphatic carbocycles. The fourth-order valence-corrected chi connectivity index (χ4v) is 4.04. The lowest BCUT2D eigenvalue weighted by Crippen LogP contribution is -2.09. The second-order valence-electron chi connectivity index (χ2n) is 9.03. The zero-order valence-electron chi connectivity index (χ0n) is 20.4. The first-order chi connectivity index (χ1) is 15.6. The number of carbonyl (C=O) groups is 2. The van der Waals surface area contributed by atoms with E-state index >= 15 is 0 Å². The molecule has 0 spiro atoms. The summed E-state index contributed by atoms with van der Waals surface area (Å²) in [4.78, 5) is 22.6. The number of carboxylic acids is 1. The monoisotopic (exact) mass is 446 g/mol. The van der Waals surface area contributed by atoms with Gasteiger partial charge in [0.25, 0.3) is 0 Å². The van der Waals surface area contributed by atoms with Crippen LogP contribution in [0.1, 0.15) is 128 Å². The van der Waals surface area contributed by atoms with Gasteiger partial charge in [-0.05, 0) is 37.3 Å². The second kappa shape index (κ2) is 19.8. The van der Waals surface area contributed by atoms with E-state index in [1.54, 1.807) is 0 Å². The molecule has 0 radical (unpaired) electrons. The van der Waals surface area contributed by atoms with Crippen molar-refractivity contribution in [1.82, 2.24) is 0 Å². The zero-order valence-corrected chi connectivity index (χ0v) is 20.4. The van der Waals surface area contributed by atoms with Crippen LogP contribution >= 0.6 is 0 Å². The number of rotatable bonds is 21. The molecule has 0 atom stereocenters. The molecule has 0 aromatic heterocycles. The summed E-state index contributed by atoms with van der Waals surface area (Å²) in [6, 6.07) is 7.77. The molecule has 0 unspecified atom stereocenters. The van der Waals surface area contributed by atoms with Gasteiger partial charge in [-0.2, -0.15) is 0 Å². The quantitative estimate of drug-likeness (QED) is 0.117. The van der Waals surface area contributed by atoms with Gasteiger partial charge in [0.1, 0.15) is 5.75 Å². The summed E-state index contributed by atoms with van der Waals surface area (Å²) < 4.78 is 5.54. The third-order valence-electron chi connectivity index (χ3n) is 6.02. The predicted molar refractivity (Wildman–Crippen MR) is 132 cm³/mol. The van der Waals surface area contributed by atoms with E-state index in [1.165, 1.54) is 83.5 Å². The molecule has 0 amide bonds. The van der Waals surface area contributed by atoms with Crippen LogP contribution in [-0.4, -0.2) is 17.0 Å². The first kappa shape index (κ1) is 28.2. The van der Waals surface area contributed by atoms with E-state index in [4.69, 9.17) is 9.84 Å². The average Bonchev–Trinajstić information content (AvgIpc) is 2.78. The number of hydrogen-bond acceptors (Lipinski definition) is 3. The standard InChI is InChI=1S/C28H46O4/c1-2-3-4-5-6-7-8-9-10-11-12-13-14-15-20-25-21-16-17-22-26(25)32-28(31)24-19-18-23-27(29)30/h16-17,21-22H,2-15,18-20,23-24H2,1H3,(H,29,30). The molecule has 32 heavy (non-hydrogen) atoms. The van der Waals surface area contributed by atoms with Gasteiger partial charge in [-0.1, -0.05) is 109 Å². The Morgan fingerprint density at radius 2 is 1.19 bits per heavy atom. The molecule has 4 heteroatoms. The van der Waals surface area contributed by atoms with Crippen LogP contribution in [0.3, 0.4) is 0 Å². The van der Waals surface area contributed by atoms with Crippen LogP contribution < -0.4 is 4.74 Å². The van der Waals surface area contributed by atoms with E-state index < -0.39 is 5.97 Å². The van der Waals surface area contributed by atoms with Gasteiger partial charge in [0.05, 0.1) is 0 Å². The molecule has 0 aliphatic heterocycles. The molecule has 182 valence electrons. The van der Waals surface area contributed by atoms with Crippen molar-refractivity contribution < 1.29 is 19.4 Å². The number of benzene rings is 1. The molecule has 0 aliphatic rings. The number of unbranched alkanes of at least 4 members (excludes halogenated alkanes) is 14. The van der Waals surface area contributed by atoms with Crippen molar-refractivity contribution >= 4 is 11.9 Å².